The van der Waals surface area contributed by atoms with Gasteiger partial charge in [0.05, 0.1) is 25.4 Å². The number of hydrogen-bond donors (Lipinski definition) is 0. The van der Waals surface area contributed by atoms with Crippen molar-refractivity contribution < 1.29 is 9.47 Å². The standard InChI is InChI=1S/C16H30O2S/c1-13(2)11-17-15(5)7-9-19-10-8-16(6)18-12-14(3)4/h15-16H,1,3,7-12H2,2,4-6H3. The van der Waals surface area contributed by atoms with Gasteiger partial charge in [-0.2, -0.15) is 11.8 Å². The minimum Gasteiger partial charge on any atom is -0.374 e. The minimum atomic E-state index is 0.321. The highest BCUT2D eigenvalue weighted by Crippen LogP contribution is 2.11. The Morgan fingerprint density at radius 3 is 1.58 bits per heavy atom. The van der Waals surface area contributed by atoms with E-state index in [0.717, 1.165) is 35.5 Å². The van der Waals surface area contributed by atoms with Crippen LogP contribution in [0.3, 0.4) is 0 Å². The number of thioether (sulfide) groups is 1. The predicted octanol–water partition coefficient (Wildman–Crippen LogP) is 4.46. The fourth-order valence-corrected chi connectivity index (χ4v) is 2.54. The van der Waals surface area contributed by atoms with E-state index >= 15 is 0 Å². The lowest BCUT2D eigenvalue weighted by atomic mass is 10.3. The Morgan fingerprint density at radius 1 is 0.895 bits per heavy atom. The molecule has 0 amide bonds. The maximum atomic E-state index is 5.65. The first-order valence-corrected chi connectivity index (χ1v) is 8.17. The van der Waals surface area contributed by atoms with Crippen LogP contribution in [0.15, 0.2) is 24.3 Å². The van der Waals surface area contributed by atoms with Crippen LogP contribution in [-0.4, -0.2) is 36.9 Å². The van der Waals surface area contributed by atoms with Crippen molar-refractivity contribution in [3.05, 3.63) is 24.3 Å². The lowest BCUT2D eigenvalue weighted by Crippen LogP contribution is -2.12. The fourth-order valence-electron chi connectivity index (χ4n) is 1.34. The van der Waals surface area contributed by atoms with Crippen LogP contribution >= 0.6 is 11.8 Å². The predicted molar refractivity (Wildman–Crippen MR) is 87.0 cm³/mol. The van der Waals surface area contributed by atoms with Crippen LogP contribution in [0.1, 0.15) is 40.5 Å². The summed E-state index contributed by atoms with van der Waals surface area (Å²) >= 11 is 1.97. The first-order chi connectivity index (χ1) is 8.91. The molecule has 0 aromatic carbocycles. The highest BCUT2D eigenvalue weighted by Gasteiger charge is 2.04. The summed E-state index contributed by atoms with van der Waals surface area (Å²) in [6.07, 6.45) is 2.83. The van der Waals surface area contributed by atoms with Crippen molar-refractivity contribution in [1.29, 1.82) is 0 Å². The molecular formula is C16H30O2S. The van der Waals surface area contributed by atoms with Crippen molar-refractivity contribution in [2.75, 3.05) is 24.7 Å². The van der Waals surface area contributed by atoms with Gasteiger partial charge in [0.25, 0.3) is 0 Å². The molecule has 0 saturated heterocycles. The van der Waals surface area contributed by atoms with Gasteiger partial charge in [0.1, 0.15) is 0 Å². The minimum absolute atomic E-state index is 0.321. The van der Waals surface area contributed by atoms with Crippen LogP contribution in [0.5, 0.6) is 0 Å². The Balaban J connectivity index is 3.38. The number of hydrogen-bond acceptors (Lipinski definition) is 3. The fraction of sp³-hybridized carbons (Fsp3) is 0.750. The van der Waals surface area contributed by atoms with Gasteiger partial charge in [-0.05, 0) is 52.0 Å². The van der Waals surface area contributed by atoms with E-state index in [-0.39, 0.29) is 0 Å². The van der Waals surface area contributed by atoms with E-state index in [9.17, 15) is 0 Å². The summed E-state index contributed by atoms with van der Waals surface area (Å²) in [5.74, 6) is 2.29. The number of rotatable bonds is 12. The second kappa shape index (κ2) is 11.6. The molecule has 2 atom stereocenters. The largest absolute Gasteiger partial charge is 0.374 e. The van der Waals surface area contributed by atoms with Crippen molar-refractivity contribution in [3.63, 3.8) is 0 Å². The summed E-state index contributed by atoms with van der Waals surface area (Å²) in [7, 11) is 0. The summed E-state index contributed by atoms with van der Waals surface area (Å²) in [4.78, 5) is 0. The molecule has 0 spiro atoms. The monoisotopic (exact) mass is 286 g/mol. The molecule has 0 saturated carbocycles. The SMILES string of the molecule is C=C(C)COC(C)CCSCCC(C)OCC(=C)C. The average Bonchev–Trinajstić information content (AvgIpc) is 2.33. The molecule has 3 heteroatoms. The third-order valence-electron chi connectivity index (χ3n) is 2.57. The van der Waals surface area contributed by atoms with Crippen molar-refractivity contribution in [3.8, 4) is 0 Å². The molecule has 0 rings (SSSR count). The molecule has 0 bridgehead atoms. The third kappa shape index (κ3) is 14.0. The van der Waals surface area contributed by atoms with E-state index in [4.69, 9.17) is 9.47 Å². The van der Waals surface area contributed by atoms with Crippen molar-refractivity contribution in [2.24, 2.45) is 0 Å². The second-order valence-electron chi connectivity index (χ2n) is 5.35. The van der Waals surface area contributed by atoms with Gasteiger partial charge >= 0.3 is 0 Å². The Kier molecular flexibility index (Phi) is 11.4. The van der Waals surface area contributed by atoms with E-state index < -0.39 is 0 Å². The maximum absolute atomic E-state index is 5.65. The molecule has 0 aliphatic carbocycles. The molecular weight excluding hydrogens is 256 g/mol. The molecule has 112 valence electrons. The van der Waals surface area contributed by atoms with Crippen molar-refractivity contribution in [1.82, 2.24) is 0 Å². The molecule has 19 heavy (non-hydrogen) atoms. The summed E-state index contributed by atoms with van der Waals surface area (Å²) in [5, 5.41) is 0. The first kappa shape index (κ1) is 18.8. The Labute approximate surface area is 123 Å². The van der Waals surface area contributed by atoms with Gasteiger partial charge in [-0.15, -0.1) is 0 Å². The van der Waals surface area contributed by atoms with Crippen molar-refractivity contribution in [2.45, 2.75) is 52.7 Å². The van der Waals surface area contributed by atoms with Gasteiger partial charge in [-0.25, -0.2) is 0 Å². The molecule has 0 aliphatic heterocycles. The van der Waals surface area contributed by atoms with Crippen LogP contribution in [0.4, 0.5) is 0 Å². The van der Waals surface area contributed by atoms with E-state index in [0.29, 0.717) is 25.4 Å². The smallest absolute Gasteiger partial charge is 0.0675 e. The van der Waals surface area contributed by atoms with E-state index in [1.54, 1.807) is 0 Å². The molecule has 2 unspecified atom stereocenters. The molecule has 0 N–H and O–H groups in total. The van der Waals surface area contributed by atoms with Gasteiger partial charge in [0.2, 0.25) is 0 Å². The quantitative estimate of drug-likeness (QED) is 0.390. The Hall–Kier alpha value is -0.250. The third-order valence-corrected chi connectivity index (χ3v) is 3.61. The summed E-state index contributed by atoms with van der Waals surface area (Å²) in [6, 6.07) is 0. The molecule has 0 aliphatic rings. The number of ether oxygens (including phenoxy) is 2. The topological polar surface area (TPSA) is 18.5 Å². The van der Waals surface area contributed by atoms with E-state index in [1.165, 1.54) is 0 Å². The molecule has 0 fully saturated rings. The summed E-state index contributed by atoms with van der Waals surface area (Å²) < 4.78 is 11.3. The van der Waals surface area contributed by atoms with Gasteiger partial charge in [0.15, 0.2) is 0 Å². The molecule has 0 aromatic rings. The molecule has 0 aromatic heterocycles. The Morgan fingerprint density at radius 2 is 1.26 bits per heavy atom. The van der Waals surface area contributed by atoms with Gasteiger partial charge < -0.3 is 9.47 Å². The van der Waals surface area contributed by atoms with Gasteiger partial charge in [-0.1, -0.05) is 24.3 Å². The van der Waals surface area contributed by atoms with Crippen LogP contribution in [0, 0.1) is 0 Å². The van der Waals surface area contributed by atoms with Crippen molar-refractivity contribution >= 4 is 11.8 Å². The van der Waals surface area contributed by atoms with Crippen LogP contribution in [0.25, 0.3) is 0 Å². The molecule has 0 heterocycles. The van der Waals surface area contributed by atoms with Gasteiger partial charge in [-0.3, -0.25) is 0 Å². The lowest BCUT2D eigenvalue weighted by molar-refractivity contribution is 0.0811. The summed E-state index contributed by atoms with van der Waals surface area (Å²) in [6.45, 7) is 17.3. The van der Waals surface area contributed by atoms with Crippen LogP contribution in [0.2, 0.25) is 0 Å². The van der Waals surface area contributed by atoms with Crippen LogP contribution in [-0.2, 0) is 9.47 Å². The van der Waals surface area contributed by atoms with E-state index in [2.05, 4.69) is 27.0 Å². The summed E-state index contributed by atoms with van der Waals surface area (Å²) in [5.41, 5.74) is 2.17. The van der Waals surface area contributed by atoms with E-state index in [1.807, 2.05) is 25.6 Å². The average molecular weight is 286 g/mol. The highest BCUT2D eigenvalue weighted by atomic mass is 32.2. The Bertz CT molecular complexity index is 237. The molecule has 2 nitrogen and oxygen atoms in total. The zero-order chi connectivity index (χ0) is 14.7. The zero-order valence-corrected chi connectivity index (χ0v) is 13.9. The van der Waals surface area contributed by atoms with Crippen LogP contribution < -0.4 is 0 Å². The van der Waals surface area contributed by atoms with Gasteiger partial charge in [0, 0.05) is 0 Å². The zero-order valence-electron chi connectivity index (χ0n) is 13.0. The lowest BCUT2D eigenvalue weighted by Gasteiger charge is -2.14. The molecule has 0 radical (unpaired) electrons. The first-order valence-electron chi connectivity index (χ1n) is 7.01. The maximum Gasteiger partial charge on any atom is 0.0675 e. The normalized spacial score (nSPS) is 14.1. The second-order valence-corrected chi connectivity index (χ2v) is 6.57. The highest BCUT2D eigenvalue weighted by molar-refractivity contribution is 7.99.